The lowest BCUT2D eigenvalue weighted by Gasteiger charge is -2.10. The van der Waals surface area contributed by atoms with Gasteiger partial charge in [0.1, 0.15) is 5.76 Å². The summed E-state index contributed by atoms with van der Waals surface area (Å²) in [4.78, 5) is 36.1. The van der Waals surface area contributed by atoms with Crippen molar-refractivity contribution < 1.29 is 23.5 Å². The largest absolute Gasteiger partial charge is 0.467 e. The molecule has 0 aliphatic heterocycles. The third-order valence-electron chi connectivity index (χ3n) is 4.93. The minimum Gasteiger partial charge on any atom is -0.467 e. The Kier molecular flexibility index (Phi) is 10.0. The Hall–Kier alpha value is -3.98. The van der Waals surface area contributed by atoms with E-state index in [1.807, 2.05) is 30.3 Å². The lowest BCUT2D eigenvalue weighted by atomic mass is 10.1. The summed E-state index contributed by atoms with van der Waals surface area (Å²) in [5, 5.41) is 8.26. The van der Waals surface area contributed by atoms with Crippen molar-refractivity contribution >= 4 is 40.8 Å². The normalized spacial score (nSPS) is 10.3. The third kappa shape index (κ3) is 9.42. The molecule has 0 bridgehead atoms. The monoisotopic (exact) mass is 493 g/mol. The molecule has 0 saturated carbocycles. The number of aryl methyl sites for hydroxylation is 1. The number of rotatable bonds is 11. The molecule has 0 spiro atoms. The Morgan fingerprint density at radius 1 is 0.914 bits per heavy atom. The van der Waals surface area contributed by atoms with E-state index in [1.54, 1.807) is 42.7 Å². The van der Waals surface area contributed by atoms with E-state index in [1.165, 1.54) is 5.56 Å². The van der Waals surface area contributed by atoms with E-state index >= 15 is 0 Å². The summed E-state index contributed by atoms with van der Waals surface area (Å²) in [5.41, 5.74) is 2.27. The van der Waals surface area contributed by atoms with Crippen molar-refractivity contribution in [2.24, 2.45) is 0 Å². The Morgan fingerprint density at radius 3 is 2.40 bits per heavy atom. The summed E-state index contributed by atoms with van der Waals surface area (Å²) in [7, 11) is 0. The zero-order valence-corrected chi connectivity index (χ0v) is 19.9. The van der Waals surface area contributed by atoms with E-state index < -0.39 is 11.9 Å². The average Bonchev–Trinajstić information content (AvgIpc) is 3.39. The van der Waals surface area contributed by atoms with Crippen molar-refractivity contribution in [2.45, 2.75) is 32.2 Å². The van der Waals surface area contributed by atoms with Crippen LogP contribution < -0.4 is 16.0 Å². The van der Waals surface area contributed by atoms with Gasteiger partial charge in [0.2, 0.25) is 5.91 Å². The van der Waals surface area contributed by atoms with E-state index in [9.17, 15) is 14.4 Å². The number of carbonyl (C=O) groups excluding carboxylic acids is 3. The van der Waals surface area contributed by atoms with Crippen molar-refractivity contribution in [2.75, 3.05) is 11.9 Å². The van der Waals surface area contributed by atoms with Crippen molar-refractivity contribution in [3.05, 3.63) is 89.9 Å². The minimum atomic E-state index is -0.423. The molecule has 3 rings (SSSR count). The molecule has 3 aromatic rings. The van der Waals surface area contributed by atoms with Crippen molar-refractivity contribution in [3.63, 3.8) is 0 Å². The van der Waals surface area contributed by atoms with Crippen LogP contribution in [0.1, 0.15) is 40.9 Å². The molecule has 0 unspecified atom stereocenters. The molecule has 0 aliphatic carbocycles. The SMILES string of the molecule is O=C(CCC(=O)OCCCc1ccccc1)NC(=S)Nc1ccc(C(=O)NCc2ccco2)cc1. The summed E-state index contributed by atoms with van der Waals surface area (Å²) >= 11 is 5.15. The molecule has 2 aromatic carbocycles. The van der Waals surface area contributed by atoms with Gasteiger partial charge in [0.15, 0.2) is 5.11 Å². The number of benzene rings is 2. The predicted molar refractivity (Wildman–Crippen MR) is 136 cm³/mol. The van der Waals surface area contributed by atoms with Gasteiger partial charge in [-0.3, -0.25) is 14.4 Å². The molecule has 0 atom stereocenters. The number of anilines is 1. The Balaban J connectivity index is 1.30. The fourth-order valence-corrected chi connectivity index (χ4v) is 3.37. The summed E-state index contributed by atoms with van der Waals surface area (Å²) in [6, 6.07) is 20.1. The summed E-state index contributed by atoms with van der Waals surface area (Å²) in [5.74, 6) is -0.393. The molecule has 0 aliphatic rings. The maximum Gasteiger partial charge on any atom is 0.306 e. The zero-order chi connectivity index (χ0) is 24.9. The van der Waals surface area contributed by atoms with Gasteiger partial charge in [0.25, 0.3) is 5.91 Å². The second-order valence-corrected chi connectivity index (χ2v) is 8.06. The molecule has 35 heavy (non-hydrogen) atoms. The third-order valence-corrected chi connectivity index (χ3v) is 5.14. The number of thiocarbonyl (C=S) groups is 1. The molecular weight excluding hydrogens is 466 g/mol. The van der Waals surface area contributed by atoms with Crippen molar-refractivity contribution in [1.29, 1.82) is 0 Å². The fraction of sp³-hybridized carbons (Fsp3) is 0.231. The van der Waals surface area contributed by atoms with E-state index in [4.69, 9.17) is 21.4 Å². The first kappa shape index (κ1) is 25.6. The summed E-state index contributed by atoms with van der Waals surface area (Å²) in [6.45, 7) is 0.607. The van der Waals surface area contributed by atoms with Crippen LogP contribution in [0.5, 0.6) is 0 Å². The van der Waals surface area contributed by atoms with Crippen LogP contribution in [-0.2, 0) is 27.3 Å². The Bertz CT molecular complexity index is 1120. The van der Waals surface area contributed by atoms with Crippen LogP contribution in [0.3, 0.4) is 0 Å². The number of hydrogen-bond donors (Lipinski definition) is 3. The summed E-state index contributed by atoms with van der Waals surface area (Å²) < 4.78 is 10.4. The topological polar surface area (TPSA) is 110 Å². The number of esters is 1. The van der Waals surface area contributed by atoms with Gasteiger partial charge < -0.3 is 25.1 Å². The second kappa shape index (κ2) is 13.7. The number of amides is 2. The molecule has 9 heteroatoms. The van der Waals surface area contributed by atoms with Gasteiger partial charge in [-0.15, -0.1) is 0 Å². The van der Waals surface area contributed by atoms with Crippen LogP contribution in [0.25, 0.3) is 0 Å². The van der Waals surface area contributed by atoms with Gasteiger partial charge >= 0.3 is 5.97 Å². The van der Waals surface area contributed by atoms with Crippen molar-refractivity contribution in [3.8, 4) is 0 Å². The average molecular weight is 494 g/mol. The standard InChI is InChI=1S/C26H27N3O5S/c30-23(14-15-24(31)34-17-4-8-19-6-2-1-3-7-19)29-26(35)28-21-12-10-20(11-13-21)25(32)27-18-22-9-5-16-33-22/h1-3,5-7,9-13,16H,4,8,14-15,17-18H2,(H,27,32)(H2,28,29,30,35). The number of furan rings is 1. The van der Waals surface area contributed by atoms with Gasteiger partial charge in [0, 0.05) is 17.7 Å². The van der Waals surface area contributed by atoms with Crippen LogP contribution in [0, 0.1) is 0 Å². The van der Waals surface area contributed by atoms with Gasteiger partial charge in [-0.25, -0.2) is 0 Å². The first-order chi connectivity index (χ1) is 17.0. The lowest BCUT2D eigenvalue weighted by Crippen LogP contribution is -2.34. The van der Waals surface area contributed by atoms with Crippen LogP contribution in [0.15, 0.2) is 77.4 Å². The van der Waals surface area contributed by atoms with Gasteiger partial charge in [-0.2, -0.15) is 0 Å². The summed E-state index contributed by atoms with van der Waals surface area (Å²) in [6.07, 6.45) is 3.03. The first-order valence-electron chi connectivity index (χ1n) is 11.2. The number of hydrogen-bond acceptors (Lipinski definition) is 6. The van der Waals surface area contributed by atoms with Crippen molar-refractivity contribution in [1.82, 2.24) is 10.6 Å². The molecule has 3 N–H and O–H groups in total. The maximum atomic E-state index is 12.2. The molecule has 1 heterocycles. The zero-order valence-electron chi connectivity index (χ0n) is 19.1. The molecule has 0 saturated heterocycles. The van der Waals surface area contributed by atoms with E-state index in [-0.39, 0.29) is 23.9 Å². The highest BCUT2D eigenvalue weighted by atomic mass is 32.1. The second-order valence-electron chi connectivity index (χ2n) is 7.65. The number of carbonyl (C=O) groups is 3. The van der Waals surface area contributed by atoms with Crippen LogP contribution >= 0.6 is 12.2 Å². The molecule has 8 nitrogen and oxygen atoms in total. The highest BCUT2D eigenvalue weighted by Crippen LogP contribution is 2.10. The molecular formula is C26H27N3O5S. The maximum absolute atomic E-state index is 12.2. The van der Waals surface area contributed by atoms with Crippen LogP contribution in [-0.4, -0.2) is 29.5 Å². The minimum absolute atomic E-state index is 0.0262. The van der Waals surface area contributed by atoms with E-state index in [0.717, 1.165) is 12.8 Å². The quantitative estimate of drug-likeness (QED) is 0.211. The van der Waals surface area contributed by atoms with E-state index in [0.29, 0.717) is 30.2 Å². The smallest absolute Gasteiger partial charge is 0.306 e. The van der Waals surface area contributed by atoms with E-state index in [2.05, 4.69) is 16.0 Å². The lowest BCUT2D eigenvalue weighted by molar-refractivity contribution is -0.145. The number of ether oxygens (including phenoxy) is 1. The molecule has 182 valence electrons. The highest BCUT2D eigenvalue weighted by Gasteiger charge is 2.11. The van der Waals surface area contributed by atoms with Crippen LogP contribution in [0.4, 0.5) is 5.69 Å². The van der Waals surface area contributed by atoms with Gasteiger partial charge in [-0.1, -0.05) is 30.3 Å². The first-order valence-corrected chi connectivity index (χ1v) is 11.6. The highest BCUT2D eigenvalue weighted by molar-refractivity contribution is 7.80. The Morgan fingerprint density at radius 2 is 1.69 bits per heavy atom. The fourth-order valence-electron chi connectivity index (χ4n) is 3.13. The molecule has 0 radical (unpaired) electrons. The van der Waals surface area contributed by atoms with Gasteiger partial charge in [-0.05, 0) is 67.0 Å². The number of nitrogens with one attached hydrogen (secondary N) is 3. The van der Waals surface area contributed by atoms with Gasteiger partial charge in [0.05, 0.1) is 25.8 Å². The Labute approximate surface area is 209 Å². The molecule has 2 amide bonds. The van der Waals surface area contributed by atoms with Crippen LogP contribution in [0.2, 0.25) is 0 Å². The predicted octanol–water partition coefficient (Wildman–Crippen LogP) is 3.98. The molecule has 1 aromatic heterocycles. The molecule has 0 fully saturated rings.